The Morgan fingerprint density at radius 1 is 0.811 bits per heavy atom. The third-order valence-electron chi connectivity index (χ3n) is 6.34. The van der Waals surface area contributed by atoms with Crippen molar-refractivity contribution in [3.63, 3.8) is 0 Å². The van der Waals surface area contributed by atoms with Crippen molar-refractivity contribution in [2.24, 2.45) is 0 Å². The zero-order valence-electron chi connectivity index (χ0n) is 22.6. The Morgan fingerprint density at radius 2 is 1.38 bits per heavy atom. The van der Waals surface area contributed by atoms with Gasteiger partial charge in [-0.25, -0.2) is 0 Å². The first-order valence-corrected chi connectivity index (χ1v) is 13.8. The number of rotatable bonds is 20. The van der Waals surface area contributed by atoms with Crippen LogP contribution in [0.4, 0.5) is 0 Å². The van der Waals surface area contributed by atoms with Crippen LogP contribution >= 0.6 is 0 Å². The molecule has 37 heavy (non-hydrogen) atoms. The summed E-state index contributed by atoms with van der Waals surface area (Å²) < 4.78 is 11.2. The number of carbonyl (C=O) groups is 3. The number of hydrogen-bond acceptors (Lipinski definition) is 8. The second-order valence-corrected chi connectivity index (χ2v) is 9.69. The van der Waals surface area contributed by atoms with Crippen molar-refractivity contribution in [3.05, 3.63) is 0 Å². The lowest BCUT2D eigenvalue weighted by molar-refractivity contribution is -0.270. The van der Waals surface area contributed by atoms with Crippen LogP contribution in [0.5, 0.6) is 0 Å². The Kier molecular flexibility index (Phi) is 18.2. The highest BCUT2D eigenvalue weighted by Crippen LogP contribution is 2.22. The fraction of sp³-hybridized carbons (Fsp3) is 0.885. The van der Waals surface area contributed by atoms with Gasteiger partial charge in [-0.05, 0) is 32.1 Å². The van der Waals surface area contributed by atoms with Crippen molar-refractivity contribution in [2.75, 3.05) is 26.3 Å². The molecular formula is C26H49N3O8. The van der Waals surface area contributed by atoms with E-state index in [1.165, 1.54) is 19.8 Å². The minimum Gasteiger partial charge on any atom is -0.394 e. The monoisotopic (exact) mass is 531 g/mol. The van der Waals surface area contributed by atoms with Crippen LogP contribution in [-0.2, 0) is 23.9 Å². The first-order chi connectivity index (χ1) is 17.8. The van der Waals surface area contributed by atoms with Gasteiger partial charge in [0.25, 0.3) is 0 Å². The molecule has 3 amide bonds. The van der Waals surface area contributed by atoms with Crippen molar-refractivity contribution >= 4 is 17.7 Å². The molecule has 11 nitrogen and oxygen atoms in total. The standard InChI is InChI=1S/C26H49N3O8/c1-3-4-5-10-15-27-21(32)13-8-9-14-22(33)28-16-11-6-7-12-17-36-26-23(29-19(2)31)25(35)24(34)20(18-30)37-26/h20,23-26,30,34-35H,3-18H2,1-2H3,(H,27,32)(H,28,33)(H,29,31)/t20?,23?,24-,25+,26+/m0/s1. The van der Waals surface area contributed by atoms with Gasteiger partial charge in [0.1, 0.15) is 24.4 Å². The summed E-state index contributed by atoms with van der Waals surface area (Å²) in [4.78, 5) is 35.2. The molecule has 5 atom stereocenters. The number of unbranched alkanes of at least 4 members (excludes halogenated alkanes) is 7. The molecule has 0 aliphatic carbocycles. The topological polar surface area (TPSA) is 166 Å². The number of ether oxygens (including phenoxy) is 2. The minimum absolute atomic E-state index is 0.000880. The zero-order chi connectivity index (χ0) is 27.5. The van der Waals surface area contributed by atoms with E-state index >= 15 is 0 Å². The summed E-state index contributed by atoms with van der Waals surface area (Å²) in [5, 5.41) is 38.0. The van der Waals surface area contributed by atoms with E-state index in [1.54, 1.807) is 0 Å². The van der Waals surface area contributed by atoms with Crippen LogP contribution in [0.25, 0.3) is 0 Å². The summed E-state index contributed by atoms with van der Waals surface area (Å²) in [6, 6.07) is -0.935. The van der Waals surface area contributed by atoms with E-state index in [-0.39, 0.29) is 11.8 Å². The van der Waals surface area contributed by atoms with Crippen LogP contribution in [0.3, 0.4) is 0 Å². The molecule has 1 fully saturated rings. The average molecular weight is 532 g/mol. The van der Waals surface area contributed by atoms with Gasteiger partial charge in [0.15, 0.2) is 6.29 Å². The molecule has 0 saturated carbocycles. The molecule has 0 radical (unpaired) electrons. The second kappa shape index (κ2) is 20.2. The van der Waals surface area contributed by atoms with Gasteiger partial charge >= 0.3 is 0 Å². The Hall–Kier alpha value is -1.79. The van der Waals surface area contributed by atoms with Crippen LogP contribution in [0, 0.1) is 0 Å². The third kappa shape index (κ3) is 14.7. The summed E-state index contributed by atoms with van der Waals surface area (Å²) in [6.45, 7) is 4.61. The molecule has 1 rings (SSSR count). The average Bonchev–Trinajstić information content (AvgIpc) is 2.87. The summed E-state index contributed by atoms with van der Waals surface area (Å²) in [5.74, 6) is -0.332. The van der Waals surface area contributed by atoms with Gasteiger partial charge < -0.3 is 40.7 Å². The molecular weight excluding hydrogens is 482 g/mol. The first kappa shape index (κ1) is 33.2. The van der Waals surface area contributed by atoms with Crippen molar-refractivity contribution in [1.82, 2.24) is 16.0 Å². The maximum atomic E-state index is 11.9. The van der Waals surface area contributed by atoms with Gasteiger partial charge in [-0.2, -0.15) is 0 Å². The molecule has 1 aliphatic heterocycles. The summed E-state index contributed by atoms with van der Waals surface area (Å²) in [7, 11) is 0. The van der Waals surface area contributed by atoms with Crippen molar-refractivity contribution in [2.45, 2.75) is 122 Å². The second-order valence-electron chi connectivity index (χ2n) is 9.69. The van der Waals surface area contributed by atoms with Crippen LogP contribution in [0.1, 0.15) is 90.9 Å². The fourth-order valence-corrected chi connectivity index (χ4v) is 4.15. The molecule has 0 spiro atoms. The van der Waals surface area contributed by atoms with Gasteiger partial charge in [-0.3, -0.25) is 14.4 Å². The fourth-order valence-electron chi connectivity index (χ4n) is 4.15. The van der Waals surface area contributed by atoms with E-state index in [4.69, 9.17) is 9.47 Å². The Bertz CT molecular complexity index is 651. The highest BCUT2D eigenvalue weighted by molar-refractivity contribution is 5.77. The first-order valence-electron chi connectivity index (χ1n) is 13.8. The largest absolute Gasteiger partial charge is 0.394 e. The predicted octanol–water partition coefficient (Wildman–Crippen LogP) is 0.880. The van der Waals surface area contributed by atoms with Crippen molar-refractivity contribution in [3.8, 4) is 0 Å². The highest BCUT2D eigenvalue weighted by atomic mass is 16.7. The van der Waals surface area contributed by atoms with Crippen LogP contribution in [0.2, 0.25) is 0 Å². The molecule has 0 aromatic rings. The highest BCUT2D eigenvalue weighted by Gasteiger charge is 2.45. The third-order valence-corrected chi connectivity index (χ3v) is 6.34. The van der Waals surface area contributed by atoms with E-state index < -0.39 is 43.2 Å². The van der Waals surface area contributed by atoms with E-state index in [2.05, 4.69) is 22.9 Å². The van der Waals surface area contributed by atoms with E-state index in [0.717, 1.165) is 38.6 Å². The van der Waals surface area contributed by atoms with Gasteiger partial charge in [0, 0.05) is 39.5 Å². The molecule has 1 aliphatic rings. The predicted molar refractivity (Wildman–Crippen MR) is 138 cm³/mol. The van der Waals surface area contributed by atoms with Gasteiger partial charge in [-0.1, -0.05) is 39.0 Å². The van der Waals surface area contributed by atoms with Crippen molar-refractivity contribution < 1.29 is 39.2 Å². The molecule has 11 heteroatoms. The van der Waals surface area contributed by atoms with Crippen molar-refractivity contribution in [1.29, 1.82) is 0 Å². The number of aliphatic hydroxyl groups is 3. The summed E-state index contributed by atoms with van der Waals surface area (Å²) >= 11 is 0. The number of amides is 3. The normalized spacial score (nSPS) is 23.4. The molecule has 1 heterocycles. The molecule has 1 saturated heterocycles. The minimum atomic E-state index is -1.33. The smallest absolute Gasteiger partial charge is 0.219 e. The quantitative estimate of drug-likeness (QED) is 0.126. The lowest BCUT2D eigenvalue weighted by atomic mass is 9.97. The maximum Gasteiger partial charge on any atom is 0.219 e. The molecule has 0 bridgehead atoms. The number of nitrogens with one attached hydrogen (secondary N) is 3. The molecule has 6 N–H and O–H groups in total. The zero-order valence-corrected chi connectivity index (χ0v) is 22.6. The Balaban J connectivity index is 2.07. The number of carbonyl (C=O) groups excluding carboxylic acids is 3. The SMILES string of the molecule is CCCCCCNC(=O)CCCCC(=O)NCCCCCCO[C@@H]1OC(CO)[C@H](O)[C@H](O)C1NC(C)=O. The van der Waals surface area contributed by atoms with Gasteiger partial charge in [0.2, 0.25) is 17.7 Å². The lowest BCUT2D eigenvalue weighted by Crippen LogP contribution is -2.64. The number of hydrogen-bond donors (Lipinski definition) is 6. The summed E-state index contributed by atoms with van der Waals surface area (Å²) in [5.41, 5.74) is 0. The lowest BCUT2D eigenvalue weighted by Gasteiger charge is -2.42. The molecule has 216 valence electrons. The molecule has 0 aromatic heterocycles. The van der Waals surface area contributed by atoms with Crippen LogP contribution < -0.4 is 16.0 Å². The van der Waals surface area contributed by atoms with Gasteiger partial charge in [0.05, 0.1) is 6.61 Å². The molecule has 0 aromatic carbocycles. The maximum absolute atomic E-state index is 11.9. The van der Waals surface area contributed by atoms with E-state index in [1.807, 2.05) is 0 Å². The van der Waals surface area contributed by atoms with E-state index in [0.29, 0.717) is 45.3 Å². The Labute approximate surface area is 221 Å². The van der Waals surface area contributed by atoms with Gasteiger partial charge in [-0.15, -0.1) is 0 Å². The number of aliphatic hydroxyl groups excluding tert-OH is 3. The van der Waals surface area contributed by atoms with Crippen LogP contribution in [0.15, 0.2) is 0 Å². The van der Waals surface area contributed by atoms with Crippen LogP contribution in [-0.4, -0.2) is 90.0 Å². The molecule has 2 unspecified atom stereocenters. The Morgan fingerprint density at radius 3 is 1.92 bits per heavy atom. The van der Waals surface area contributed by atoms with E-state index in [9.17, 15) is 29.7 Å². The summed E-state index contributed by atoms with van der Waals surface area (Å²) in [6.07, 6.45) is 5.48.